The summed E-state index contributed by atoms with van der Waals surface area (Å²) in [6, 6.07) is 9.86. The molecular weight excluding hydrogens is 204 g/mol. The number of rotatable bonds is 4. The van der Waals surface area contributed by atoms with Crippen molar-refractivity contribution in [2.45, 2.75) is 32.3 Å². The number of aliphatic hydroxyl groups is 1. The first-order chi connectivity index (χ1) is 7.79. The fourth-order valence-electron chi connectivity index (χ4n) is 1.61. The quantitative estimate of drug-likeness (QED) is 0.845. The molecule has 0 saturated carbocycles. The molecule has 1 aliphatic heterocycles. The van der Waals surface area contributed by atoms with Crippen molar-refractivity contribution in [3.05, 3.63) is 47.7 Å². The van der Waals surface area contributed by atoms with Crippen LogP contribution in [0.15, 0.2) is 42.2 Å². The average Bonchev–Trinajstić information content (AvgIpc) is 2.69. The van der Waals surface area contributed by atoms with Gasteiger partial charge < -0.3 is 14.6 Å². The molecule has 0 amide bonds. The van der Waals surface area contributed by atoms with Crippen molar-refractivity contribution in [3.63, 3.8) is 0 Å². The molecule has 86 valence electrons. The third kappa shape index (κ3) is 2.62. The van der Waals surface area contributed by atoms with Crippen LogP contribution in [0.1, 0.15) is 18.9 Å². The van der Waals surface area contributed by atoms with Crippen LogP contribution in [0.25, 0.3) is 0 Å². The summed E-state index contributed by atoms with van der Waals surface area (Å²) in [4.78, 5) is 0. The van der Waals surface area contributed by atoms with E-state index in [4.69, 9.17) is 9.47 Å². The highest BCUT2D eigenvalue weighted by Gasteiger charge is 2.25. The van der Waals surface area contributed by atoms with Crippen molar-refractivity contribution in [3.8, 4) is 0 Å². The van der Waals surface area contributed by atoms with Crippen LogP contribution in [0.5, 0.6) is 0 Å². The second-order valence-electron chi connectivity index (χ2n) is 3.78. The number of hydrogen-bond donors (Lipinski definition) is 1. The second kappa shape index (κ2) is 5.14. The van der Waals surface area contributed by atoms with Gasteiger partial charge in [0.25, 0.3) is 0 Å². The van der Waals surface area contributed by atoms with Crippen LogP contribution in [0.3, 0.4) is 0 Å². The molecule has 2 atom stereocenters. The molecule has 3 heteroatoms. The lowest BCUT2D eigenvalue weighted by atomic mass is 10.2. The molecule has 1 heterocycles. The van der Waals surface area contributed by atoms with Gasteiger partial charge in [-0.1, -0.05) is 37.3 Å². The normalized spacial score (nSPS) is 24.2. The molecule has 0 aromatic heterocycles. The highest BCUT2D eigenvalue weighted by atomic mass is 16.6. The van der Waals surface area contributed by atoms with E-state index in [1.807, 2.05) is 43.3 Å². The maximum atomic E-state index is 9.55. The number of benzene rings is 1. The van der Waals surface area contributed by atoms with Gasteiger partial charge in [-0.05, 0) is 18.1 Å². The van der Waals surface area contributed by atoms with E-state index >= 15 is 0 Å². The predicted octanol–water partition coefficient (Wildman–Crippen LogP) is 2.21. The van der Waals surface area contributed by atoms with Gasteiger partial charge in [0.15, 0.2) is 5.76 Å². The molecular formula is C13H16O3. The summed E-state index contributed by atoms with van der Waals surface area (Å²) in [5.74, 6) is 0.524. The Hall–Kier alpha value is -1.32. The second-order valence-corrected chi connectivity index (χ2v) is 3.78. The van der Waals surface area contributed by atoms with Crippen molar-refractivity contribution in [2.24, 2.45) is 0 Å². The molecule has 1 N–H and O–H groups in total. The van der Waals surface area contributed by atoms with Crippen LogP contribution in [0.2, 0.25) is 0 Å². The van der Waals surface area contributed by atoms with Crippen LogP contribution in [-0.4, -0.2) is 17.5 Å². The fourth-order valence-corrected chi connectivity index (χ4v) is 1.61. The van der Waals surface area contributed by atoms with Gasteiger partial charge in [0.1, 0.15) is 6.61 Å². The number of hydrogen-bond acceptors (Lipinski definition) is 3. The SMILES string of the molecule is CC[C@@H]1C=C(OCc2ccccc2)C(O)O1. The smallest absolute Gasteiger partial charge is 0.214 e. The van der Waals surface area contributed by atoms with Gasteiger partial charge in [0.2, 0.25) is 6.29 Å². The number of aliphatic hydroxyl groups excluding tert-OH is 1. The molecule has 1 unspecified atom stereocenters. The first-order valence-corrected chi connectivity index (χ1v) is 5.51. The molecule has 0 fully saturated rings. The van der Waals surface area contributed by atoms with Crippen LogP contribution >= 0.6 is 0 Å². The van der Waals surface area contributed by atoms with Gasteiger partial charge in [-0.3, -0.25) is 0 Å². The third-order valence-electron chi connectivity index (χ3n) is 2.55. The Bertz CT molecular complexity index is 359. The summed E-state index contributed by atoms with van der Waals surface area (Å²) in [6.45, 7) is 2.47. The zero-order valence-corrected chi connectivity index (χ0v) is 9.30. The van der Waals surface area contributed by atoms with E-state index in [1.165, 1.54) is 0 Å². The maximum absolute atomic E-state index is 9.55. The zero-order valence-electron chi connectivity index (χ0n) is 9.30. The van der Waals surface area contributed by atoms with Crippen LogP contribution < -0.4 is 0 Å². The van der Waals surface area contributed by atoms with E-state index in [0.717, 1.165) is 12.0 Å². The van der Waals surface area contributed by atoms with Crippen LogP contribution in [0.4, 0.5) is 0 Å². The molecule has 1 aromatic rings. The summed E-state index contributed by atoms with van der Waals surface area (Å²) >= 11 is 0. The molecule has 0 radical (unpaired) electrons. The molecule has 3 nitrogen and oxygen atoms in total. The van der Waals surface area contributed by atoms with Gasteiger partial charge in [-0.25, -0.2) is 0 Å². The van der Waals surface area contributed by atoms with Crippen molar-refractivity contribution in [1.82, 2.24) is 0 Å². The highest BCUT2D eigenvalue weighted by molar-refractivity contribution is 5.14. The summed E-state index contributed by atoms with van der Waals surface area (Å²) < 4.78 is 10.8. The van der Waals surface area contributed by atoms with Crippen molar-refractivity contribution < 1.29 is 14.6 Å². The Morgan fingerprint density at radius 2 is 2.06 bits per heavy atom. The van der Waals surface area contributed by atoms with Gasteiger partial charge in [-0.2, -0.15) is 0 Å². The summed E-state index contributed by atoms with van der Waals surface area (Å²) in [7, 11) is 0. The van der Waals surface area contributed by atoms with Gasteiger partial charge in [-0.15, -0.1) is 0 Å². The van der Waals surface area contributed by atoms with E-state index in [1.54, 1.807) is 0 Å². The lowest BCUT2D eigenvalue weighted by Gasteiger charge is -2.11. The highest BCUT2D eigenvalue weighted by Crippen LogP contribution is 2.21. The Balaban J connectivity index is 1.91. The molecule has 1 aliphatic rings. The minimum atomic E-state index is -0.909. The lowest BCUT2D eigenvalue weighted by molar-refractivity contribution is -0.103. The topological polar surface area (TPSA) is 38.7 Å². The molecule has 16 heavy (non-hydrogen) atoms. The zero-order chi connectivity index (χ0) is 11.4. The summed E-state index contributed by atoms with van der Waals surface area (Å²) in [5, 5.41) is 9.55. The van der Waals surface area contributed by atoms with E-state index in [9.17, 15) is 5.11 Å². The van der Waals surface area contributed by atoms with E-state index in [-0.39, 0.29) is 6.10 Å². The maximum Gasteiger partial charge on any atom is 0.214 e. The standard InChI is InChI=1S/C13H16O3/c1-2-11-8-12(13(14)16-11)15-9-10-6-4-3-5-7-10/h3-8,11,13-14H,2,9H2,1H3/t11-,13?/m1/s1. The Morgan fingerprint density at radius 1 is 1.31 bits per heavy atom. The van der Waals surface area contributed by atoms with E-state index in [0.29, 0.717) is 12.4 Å². The van der Waals surface area contributed by atoms with Crippen LogP contribution in [0, 0.1) is 0 Å². The van der Waals surface area contributed by atoms with E-state index < -0.39 is 6.29 Å². The lowest BCUT2D eigenvalue weighted by Crippen LogP contribution is -2.13. The first kappa shape index (κ1) is 11.2. The largest absolute Gasteiger partial charge is 0.488 e. The molecule has 0 bridgehead atoms. The predicted molar refractivity (Wildman–Crippen MR) is 60.5 cm³/mol. The Labute approximate surface area is 95.3 Å². The van der Waals surface area contributed by atoms with Gasteiger partial charge in [0.05, 0.1) is 6.10 Å². The van der Waals surface area contributed by atoms with E-state index in [2.05, 4.69) is 0 Å². The van der Waals surface area contributed by atoms with Crippen molar-refractivity contribution >= 4 is 0 Å². The fraction of sp³-hybridized carbons (Fsp3) is 0.385. The molecule has 2 rings (SSSR count). The molecule has 0 saturated heterocycles. The van der Waals surface area contributed by atoms with Crippen molar-refractivity contribution in [2.75, 3.05) is 0 Å². The first-order valence-electron chi connectivity index (χ1n) is 5.51. The molecule has 0 aliphatic carbocycles. The minimum absolute atomic E-state index is 0.0271. The molecule has 0 spiro atoms. The van der Waals surface area contributed by atoms with Gasteiger partial charge >= 0.3 is 0 Å². The van der Waals surface area contributed by atoms with Gasteiger partial charge in [0, 0.05) is 0 Å². The molecule has 1 aromatic carbocycles. The van der Waals surface area contributed by atoms with Crippen molar-refractivity contribution in [1.29, 1.82) is 0 Å². The minimum Gasteiger partial charge on any atom is -0.488 e. The summed E-state index contributed by atoms with van der Waals surface area (Å²) in [5.41, 5.74) is 1.08. The monoisotopic (exact) mass is 220 g/mol. The Kier molecular flexibility index (Phi) is 3.59. The third-order valence-corrected chi connectivity index (χ3v) is 2.55. The summed E-state index contributed by atoms with van der Waals surface area (Å²) in [6.07, 6.45) is 1.75. The number of ether oxygens (including phenoxy) is 2. The Morgan fingerprint density at radius 3 is 2.69 bits per heavy atom. The average molecular weight is 220 g/mol. The van der Waals surface area contributed by atoms with Crippen LogP contribution in [-0.2, 0) is 16.1 Å².